The van der Waals surface area contributed by atoms with E-state index in [4.69, 9.17) is 0 Å². The molecule has 0 aliphatic carbocycles. The SMILES string of the molecule is Cc1ccc(N=C2NC(=O)C(=Cc3cccc(Br)c3)S2)cc1C. The van der Waals surface area contributed by atoms with E-state index in [1.807, 2.05) is 48.5 Å². The second-order valence-corrected chi connectivity index (χ2v) is 7.25. The zero-order valence-corrected chi connectivity index (χ0v) is 15.2. The highest BCUT2D eigenvalue weighted by Gasteiger charge is 2.23. The van der Waals surface area contributed by atoms with Gasteiger partial charge in [-0.25, -0.2) is 4.99 Å². The Labute approximate surface area is 148 Å². The van der Waals surface area contributed by atoms with Crippen LogP contribution in [-0.2, 0) is 4.79 Å². The number of benzene rings is 2. The van der Waals surface area contributed by atoms with E-state index in [9.17, 15) is 4.79 Å². The molecule has 0 saturated carbocycles. The van der Waals surface area contributed by atoms with Gasteiger partial charge in [-0.05, 0) is 72.6 Å². The van der Waals surface area contributed by atoms with Crippen LogP contribution in [0, 0.1) is 13.8 Å². The molecule has 2 aromatic rings. The molecule has 116 valence electrons. The number of amides is 1. The minimum atomic E-state index is -0.113. The van der Waals surface area contributed by atoms with Crippen LogP contribution in [-0.4, -0.2) is 11.1 Å². The predicted molar refractivity (Wildman–Crippen MR) is 101 cm³/mol. The standard InChI is InChI=1S/C18H15BrN2OS/c1-11-6-7-15(8-12(11)2)20-18-21-17(22)16(23-18)10-13-4-3-5-14(19)9-13/h3-10H,1-2H3,(H,20,21,22). The first-order valence-electron chi connectivity index (χ1n) is 7.14. The summed E-state index contributed by atoms with van der Waals surface area (Å²) >= 11 is 4.79. The van der Waals surface area contributed by atoms with Gasteiger partial charge in [-0.1, -0.05) is 34.1 Å². The van der Waals surface area contributed by atoms with Crippen LogP contribution in [0.3, 0.4) is 0 Å². The summed E-state index contributed by atoms with van der Waals surface area (Å²) in [5, 5.41) is 3.43. The van der Waals surface area contributed by atoms with Crippen LogP contribution in [0.15, 0.2) is 56.8 Å². The lowest BCUT2D eigenvalue weighted by Crippen LogP contribution is -2.19. The molecule has 1 heterocycles. The maximum absolute atomic E-state index is 12.1. The zero-order valence-electron chi connectivity index (χ0n) is 12.8. The molecule has 1 N–H and O–H groups in total. The molecule has 5 heteroatoms. The van der Waals surface area contributed by atoms with E-state index < -0.39 is 0 Å². The first kappa shape index (κ1) is 16.0. The second-order valence-electron chi connectivity index (χ2n) is 5.31. The van der Waals surface area contributed by atoms with Gasteiger partial charge in [0.2, 0.25) is 0 Å². The highest BCUT2D eigenvalue weighted by Crippen LogP contribution is 2.29. The van der Waals surface area contributed by atoms with Crippen molar-refractivity contribution in [1.29, 1.82) is 0 Å². The molecular formula is C18H15BrN2OS. The molecule has 1 amide bonds. The predicted octanol–water partition coefficient (Wildman–Crippen LogP) is 4.96. The number of nitrogens with one attached hydrogen (secondary N) is 1. The number of nitrogens with zero attached hydrogens (tertiary/aromatic N) is 1. The number of thioether (sulfide) groups is 1. The number of carbonyl (C=O) groups is 1. The summed E-state index contributed by atoms with van der Waals surface area (Å²) in [5.41, 5.74) is 4.24. The number of aliphatic imine (C=N–C) groups is 1. The smallest absolute Gasteiger partial charge is 0.264 e. The third-order valence-electron chi connectivity index (χ3n) is 3.52. The average molecular weight is 387 g/mol. The number of hydrogen-bond donors (Lipinski definition) is 1. The van der Waals surface area contributed by atoms with Crippen LogP contribution < -0.4 is 5.32 Å². The number of halogens is 1. The fraction of sp³-hybridized carbons (Fsp3) is 0.111. The van der Waals surface area contributed by atoms with Crippen LogP contribution >= 0.6 is 27.7 Å². The Hall–Kier alpha value is -1.85. The molecule has 23 heavy (non-hydrogen) atoms. The van der Waals surface area contributed by atoms with E-state index in [2.05, 4.69) is 40.1 Å². The van der Waals surface area contributed by atoms with E-state index in [0.29, 0.717) is 10.1 Å². The zero-order chi connectivity index (χ0) is 16.4. The highest BCUT2D eigenvalue weighted by atomic mass is 79.9. The summed E-state index contributed by atoms with van der Waals surface area (Å²) in [5.74, 6) is -0.113. The molecule has 3 rings (SSSR count). The first-order valence-corrected chi connectivity index (χ1v) is 8.74. The van der Waals surface area contributed by atoms with Crippen molar-refractivity contribution >= 4 is 50.5 Å². The molecule has 2 aromatic carbocycles. The minimum absolute atomic E-state index is 0.113. The van der Waals surface area contributed by atoms with Crippen molar-refractivity contribution < 1.29 is 4.79 Å². The third kappa shape index (κ3) is 3.92. The van der Waals surface area contributed by atoms with Gasteiger partial charge >= 0.3 is 0 Å². The molecule has 0 spiro atoms. The lowest BCUT2D eigenvalue weighted by molar-refractivity contribution is -0.115. The summed E-state index contributed by atoms with van der Waals surface area (Å²) < 4.78 is 0.985. The van der Waals surface area contributed by atoms with Crippen molar-refractivity contribution in [2.45, 2.75) is 13.8 Å². The summed E-state index contributed by atoms with van der Waals surface area (Å²) in [6, 6.07) is 13.8. The molecule has 3 nitrogen and oxygen atoms in total. The van der Waals surface area contributed by atoms with Gasteiger partial charge in [0.25, 0.3) is 5.91 Å². The highest BCUT2D eigenvalue weighted by molar-refractivity contribution is 9.10. The van der Waals surface area contributed by atoms with Gasteiger partial charge in [0.15, 0.2) is 5.17 Å². The molecule has 1 fully saturated rings. The number of hydrogen-bond acceptors (Lipinski definition) is 3. The molecule has 0 aromatic heterocycles. The number of amidine groups is 1. The molecule has 1 saturated heterocycles. The first-order chi connectivity index (χ1) is 11.0. The molecule has 1 aliphatic rings. The average Bonchev–Trinajstić information content (AvgIpc) is 2.83. The van der Waals surface area contributed by atoms with Gasteiger partial charge in [-0.3, -0.25) is 4.79 Å². The van der Waals surface area contributed by atoms with Crippen molar-refractivity contribution in [2.24, 2.45) is 4.99 Å². The molecule has 0 unspecified atom stereocenters. The maximum atomic E-state index is 12.1. The van der Waals surface area contributed by atoms with Crippen LogP contribution in [0.1, 0.15) is 16.7 Å². The van der Waals surface area contributed by atoms with E-state index in [-0.39, 0.29) is 5.91 Å². The van der Waals surface area contributed by atoms with Gasteiger partial charge in [0, 0.05) is 4.47 Å². The summed E-state index contributed by atoms with van der Waals surface area (Å²) in [6.07, 6.45) is 1.87. The molecule has 1 aliphatic heterocycles. The quantitative estimate of drug-likeness (QED) is 0.741. The Morgan fingerprint density at radius 3 is 2.70 bits per heavy atom. The third-order valence-corrected chi connectivity index (χ3v) is 4.92. The monoisotopic (exact) mass is 386 g/mol. The Balaban J connectivity index is 1.84. The summed E-state index contributed by atoms with van der Waals surface area (Å²) in [7, 11) is 0. The summed E-state index contributed by atoms with van der Waals surface area (Å²) in [4.78, 5) is 17.3. The van der Waals surface area contributed by atoms with E-state index >= 15 is 0 Å². The lowest BCUT2D eigenvalue weighted by Gasteiger charge is -2.01. The lowest BCUT2D eigenvalue weighted by atomic mass is 10.1. The summed E-state index contributed by atoms with van der Waals surface area (Å²) in [6.45, 7) is 4.12. The second kappa shape index (κ2) is 6.72. The number of rotatable bonds is 2. The van der Waals surface area contributed by atoms with E-state index in [0.717, 1.165) is 15.7 Å². The van der Waals surface area contributed by atoms with Crippen molar-refractivity contribution in [3.63, 3.8) is 0 Å². The van der Waals surface area contributed by atoms with Crippen molar-refractivity contribution in [2.75, 3.05) is 0 Å². The fourth-order valence-electron chi connectivity index (χ4n) is 2.14. The Bertz CT molecular complexity index is 843. The van der Waals surface area contributed by atoms with Crippen molar-refractivity contribution in [1.82, 2.24) is 5.32 Å². The molecule has 0 atom stereocenters. The van der Waals surface area contributed by atoms with Crippen LogP contribution in [0.2, 0.25) is 0 Å². The van der Waals surface area contributed by atoms with Crippen LogP contribution in [0.5, 0.6) is 0 Å². The van der Waals surface area contributed by atoms with Crippen LogP contribution in [0.4, 0.5) is 5.69 Å². The van der Waals surface area contributed by atoms with Crippen molar-refractivity contribution in [3.05, 3.63) is 68.5 Å². The molecular weight excluding hydrogens is 372 g/mol. The number of aryl methyl sites for hydroxylation is 2. The van der Waals surface area contributed by atoms with Crippen LogP contribution in [0.25, 0.3) is 6.08 Å². The molecule has 0 radical (unpaired) electrons. The fourth-order valence-corrected chi connectivity index (χ4v) is 3.40. The van der Waals surface area contributed by atoms with Gasteiger partial charge in [-0.2, -0.15) is 0 Å². The van der Waals surface area contributed by atoms with Crippen molar-refractivity contribution in [3.8, 4) is 0 Å². The van der Waals surface area contributed by atoms with Gasteiger partial charge in [0.05, 0.1) is 10.6 Å². The maximum Gasteiger partial charge on any atom is 0.264 e. The molecule has 0 bridgehead atoms. The Kier molecular flexibility index (Phi) is 4.68. The van der Waals surface area contributed by atoms with E-state index in [1.165, 1.54) is 22.9 Å². The van der Waals surface area contributed by atoms with E-state index in [1.54, 1.807) is 0 Å². The minimum Gasteiger partial charge on any atom is -0.300 e. The normalized spacial score (nSPS) is 17.8. The van der Waals surface area contributed by atoms with Gasteiger partial charge < -0.3 is 5.32 Å². The topological polar surface area (TPSA) is 41.5 Å². The largest absolute Gasteiger partial charge is 0.300 e. The van der Waals surface area contributed by atoms with Gasteiger partial charge in [0.1, 0.15) is 0 Å². The Morgan fingerprint density at radius 1 is 1.13 bits per heavy atom. The Morgan fingerprint density at radius 2 is 1.96 bits per heavy atom. The number of carbonyl (C=O) groups excluding carboxylic acids is 1. The van der Waals surface area contributed by atoms with Gasteiger partial charge in [-0.15, -0.1) is 0 Å².